The molecule has 2 rings (SSSR count). The van der Waals surface area contributed by atoms with Crippen molar-refractivity contribution in [3.05, 3.63) is 0 Å². The summed E-state index contributed by atoms with van der Waals surface area (Å²) >= 11 is 0. The van der Waals surface area contributed by atoms with Gasteiger partial charge in [-0.2, -0.15) is 0 Å². The maximum atomic E-state index is 12.1. The summed E-state index contributed by atoms with van der Waals surface area (Å²) in [5, 5.41) is 11.8. The van der Waals surface area contributed by atoms with Crippen molar-refractivity contribution in [3.8, 4) is 0 Å². The number of aliphatic carboxylic acids is 1. The molecule has 0 aromatic rings. The summed E-state index contributed by atoms with van der Waals surface area (Å²) in [7, 11) is 0. The minimum Gasteiger partial charge on any atom is -0.481 e. The number of carboxylic acids is 1. The van der Waals surface area contributed by atoms with Gasteiger partial charge in [0, 0.05) is 19.1 Å². The van der Waals surface area contributed by atoms with E-state index in [1.54, 1.807) is 11.8 Å². The lowest BCUT2D eigenvalue weighted by atomic mass is 10.0. The highest BCUT2D eigenvalue weighted by atomic mass is 16.4. The number of hydrogen-bond acceptors (Lipinski definition) is 2. The van der Waals surface area contributed by atoms with Gasteiger partial charge in [0.25, 0.3) is 0 Å². The molecule has 2 aliphatic carbocycles. The Morgan fingerprint density at radius 3 is 2.47 bits per heavy atom. The molecule has 0 aliphatic heterocycles. The van der Waals surface area contributed by atoms with Crippen LogP contribution in [0.4, 0.5) is 4.79 Å². The Balaban J connectivity index is 1.81. The Morgan fingerprint density at radius 2 is 2.05 bits per heavy atom. The van der Waals surface area contributed by atoms with Crippen molar-refractivity contribution in [1.29, 1.82) is 0 Å². The van der Waals surface area contributed by atoms with Crippen LogP contribution in [0.1, 0.15) is 46.0 Å². The van der Waals surface area contributed by atoms with Crippen molar-refractivity contribution in [2.45, 2.75) is 52.0 Å². The molecular weight excluding hydrogens is 244 g/mol. The zero-order chi connectivity index (χ0) is 14.0. The molecule has 2 saturated carbocycles. The minimum atomic E-state index is -0.865. The van der Waals surface area contributed by atoms with Gasteiger partial charge in [-0.15, -0.1) is 0 Å². The third-order valence-corrected chi connectivity index (χ3v) is 4.53. The molecular formula is C14H24N2O3. The molecule has 0 radical (unpaired) electrons. The molecule has 0 saturated heterocycles. The van der Waals surface area contributed by atoms with E-state index in [0.717, 1.165) is 12.5 Å². The molecule has 1 atom stereocenters. The number of carboxylic acid groups (broad SMARTS) is 1. The van der Waals surface area contributed by atoms with E-state index in [1.165, 1.54) is 25.7 Å². The van der Waals surface area contributed by atoms with Gasteiger partial charge in [-0.1, -0.05) is 0 Å². The number of nitrogens with zero attached hydrogens (tertiary/aromatic N) is 1. The average molecular weight is 268 g/mol. The van der Waals surface area contributed by atoms with Gasteiger partial charge in [-0.05, 0) is 50.9 Å². The summed E-state index contributed by atoms with van der Waals surface area (Å²) in [6.45, 7) is 4.96. The van der Waals surface area contributed by atoms with E-state index >= 15 is 0 Å². The summed E-state index contributed by atoms with van der Waals surface area (Å²) in [5.74, 6) is -0.0466. The number of rotatable bonds is 7. The van der Waals surface area contributed by atoms with Crippen molar-refractivity contribution in [2.24, 2.45) is 11.3 Å². The number of nitrogens with one attached hydrogen (secondary N) is 1. The van der Waals surface area contributed by atoms with Crippen molar-refractivity contribution < 1.29 is 14.7 Å². The van der Waals surface area contributed by atoms with E-state index < -0.39 is 5.97 Å². The van der Waals surface area contributed by atoms with Gasteiger partial charge in [0.2, 0.25) is 0 Å². The molecule has 2 aliphatic rings. The van der Waals surface area contributed by atoms with Gasteiger partial charge in [-0.3, -0.25) is 4.79 Å². The molecule has 0 heterocycles. The van der Waals surface area contributed by atoms with Crippen LogP contribution in [-0.4, -0.2) is 41.1 Å². The van der Waals surface area contributed by atoms with Crippen LogP contribution >= 0.6 is 0 Å². The van der Waals surface area contributed by atoms with E-state index in [0.29, 0.717) is 12.0 Å². The monoisotopic (exact) mass is 268 g/mol. The first-order valence-corrected chi connectivity index (χ1v) is 7.25. The highest BCUT2D eigenvalue weighted by Gasteiger charge is 2.53. The second-order valence-electron chi connectivity index (χ2n) is 6.03. The van der Waals surface area contributed by atoms with Crippen LogP contribution in [0.2, 0.25) is 0 Å². The Kier molecular flexibility index (Phi) is 4.02. The summed E-state index contributed by atoms with van der Waals surface area (Å²) in [6.07, 6.45) is 5.07. The fourth-order valence-electron chi connectivity index (χ4n) is 2.96. The van der Waals surface area contributed by atoms with Gasteiger partial charge in [0.15, 0.2) is 0 Å². The predicted molar refractivity (Wildman–Crippen MR) is 71.9 cm³/mol. The molecule has 0 aromatic heterocycles. The van der Waals surface area contributed by atoms with Crippen LogP contribution in [0, 0.1) is 11.3 Å². The highest BCUT2D eigenvalue weighted by Crippen LogP contribution is 2.60. The lowest BCUT2D eigenvalue weighted by Gasteiger charge is -2.28. The quantitative estimate of drug-likeness (QED) is 0.742. The molecule has 108 valence electrons. The van der Waals surface area contributed by atoms with Crippen molar-refractivity contribution in [1.82, 2.24) is 10.2 Å². The maximum absolute atomic E-state index is 12.1. The van der Waals surface area contributed by atoms with Crippen molar-refractivity contribution >= 4 is 12.0 Å². The van der Waals surface area contributed by atoms with Crippen molar-refractivity contribution in [2.75, 3.05) is 13.1 Å². The second-order valence-corrected chi connectivity index (χ2v) is 6.03. The lowest BCUT2D eigenvalue weighted by Crippen LogP contribution is -2.47. The largest absolute Gasteiger partial charge is 0.481 e. The summed E-state index contributed by atoms with van der Waals surface area (Å²) in [4.78, 5) is 24.5. The molecule has 2 N–H and O–H groups in total. The number of amides is 2. The van der Waals surface area contributed by atoms with E-state index in [-0.39, 0.29) is 18.5 Å². The zero-order valence-corrected chi connectivity index (χ0v) is 11.8. The smallest absolute Gasteiger partial charge is 0.317 e. The summed E-state index contributed by atoms with van der Waals surface area (Å²) < 4.78 is 0. The number of carbonyl (C=O) groups excluding carboxylic acids is 1. The Labute approximate surface area is 114 Å². The van der Waals surface area contributed by atoms with Gasteiger partial charge in [0.05, 0.1) is 6.42 Å². The first-order valence-electron chi connectivity index (χ1n) is 7.25. The van der Waals surface area contributed by atoms with Crippen LogP contribution in [0.3, 0.4) is 0 Å². The summed E-state index contributed by atoms with van der Waals surface area (Å²) in [5.41, 5.74) is 0.380. The molecule has 5 nitrogen and oxygen atoms in total. The number of hydrogen-bond donors (Lipinski definition) is 2. The third-order valence-electron chi connectivity index (χ3n) is 4.53. The molecule has 0 aromatic carbocycles. The maximum Gasteiger partial charge on any atom is 0.317 e. The topological polar surface area (TPSA) is 69.6 Å². The molecule has 0 spiro atoms. The molecule has 19 heavy (non-hydrogen) atoms. The second kappa shape index (κ2) is 5.39. The molecule has 0 bridgehead atoms. The van der Waals surface area contributed by atoms with Crippen molar-refractivity contribution in [3.63, 3.8) is 0 Å². The molecule has 2 amide bonds. The van der Waals surface area contributed by atoms with Crippen LogP contribution in [0.15, 0.2) is 0 Å². The van der Waals surface area contributed by atoms with E-state index in [4.69, 9.17) is 5.11 Å². The van der Waals surface area contributed by atoms with Gasteiger partial charge in [0.1, 0.15) is 0 Å². The standard InChI is InChI=1S/C14H24N2O3/c1-3-16(10(2)8-12(17)18)13(19)15-9-14(6-7-14)11-4-5-11/h10-11H,3-9H2,1-2H3,(H,15,19)(H,17,18). The SMILES string of the molecule is CCN(C(=O)NCC1(C2CC2)CC1)C(C)CC(=O)O. The fraction of sp³-hybridized carbons (Fsp3) is 0.857. The average Bonchev–Trinajstić information content (AvgIpc) is 3.18. The minimum absolute atomic E-state index is 0.00493. The van der Waals surface area contributed by atoms with Crippen LogP contribution < -0.4 is 5.32 Å². The zero-order valence-electron chi connectivity index (χ0n) is 11.8. The van der Waals surface area contributed by atoms with Crippen LogP contribution in [-0.2, 0) is 4.79 Å². The van der Waals surface area contributed by atoms with E-state index in [1.807, 2.05) is 6.92 Å². The molecule has 5 heteroatoms. The van der Waals surface area contributed by atoms with E-state index in [2.05, 4.69) is 5.32 Å². The summed E-state index contributed by atoms with van der Waals surface area (Å²) in [6, 6.07) is -0.387. The molecule has 1 unspecified atom stereocenters. The van der Waals surface area contributed by atoms with Gasteiger partial charge >= 0.3 is 12.0 Å². The lowest BCUT2D eigenvalue weighted by molar-refractivity contribution is -0.138. The Bertz CT molecular complexity index is 362. The number of urea groups is 1. The van der Waals surface area contributed by atoms with Gasteiger partial charge < -0.3 is 15.3 Å². The van der Waals surface area contributed by atoms with E-state index in [9.17, 15) is 9.59 Å². The first-order chi connectivity index (χ1) is 8.98. The first kappa shape index (κ1) is 14.2. The Hall–Kier alpha value is -1.26. The van der Waals surface area contributed by atoms with Gasteiger partial charge in [-0.25, -0.2) is 4.79 Å². The highest BCUT2D eigenvalue weighted by molar-refractivity contribution is 5.76. The Morgan fingerprint density at radius 1 is 1.42 bits per heavy atom. The fourth-order valence-corrected chi connectivity index (χ4v) is 2.96. The molecule has 2 fully saturated rings. The predicted octanol–water partition coefficient (Wildman–Crippen LogP) is 2.07. The van der Waals surface area contributed by atoms with Crippen LogP contribution in [0.25, 0.3) is 0 Å². The third kappa shape index (κ3) is 3.39. The normalized spacial score (nSPS) is 21.6. The number of carbonyl (C=O) groups is 2. The van der Waals surface area contributed by atoms with Crippen LogP contribution in [0.5, 0.6) is 0 Å².